The molecule has 176 valence electrons. The molecule has 3 aromatic heterocycles. The number of pyridine rings is 1. The maximum absolute atomic E-state index is 14.4. The van der Waals surface area contributed by atoms with Crippen molar-refractivity contribution in [2.24, 2.45) is 0 Å². The van der Waals surface area contributed by atoms with Crippen LogP contribution in [0.4, 0.5) is 14.5 Å². The van der Waals surface area contributed by atoms with Gasteiger partial charge in [0.25, 0.3) is 5.91 Å². The van der Waals surface area contributed by atoms with Crippen molar-refractivity contribution in [2.75, 3.05) is 12.4 Å². The minimum absolute atomic E-state index is 0.0412. The third-order valence-corrected chi connectivity index (χ3v) is 5.33. The Kier molecular flexibility index (Phi) is 5.90. The Balaban J connectivity index is 1.85. The van der Waals surface area contributed by atoms with Gasteiger partial charge in [0.2, 0.25) is 0 Å². The minimum atomic E-state index is -1.10. The highest BCUT2D eigenvalue weighted by atomic mass is 19.1. The van der Waals surface area contributed by atoms with E-state index < -0.39 is 29.1 Å². The molecule has 0 unspecified atom stereocenters. The van der Waals surface area contributed by atoms with Gasteiger partial charge in [-0.05, 0) is 45.9 Å². The number of aryl methyl sites for hydroxylation is 2. The second-order valence-electron chi connectivity index (χ2n) is 8.06. The van der Waals surface area contributed by atoms with Crippen LogP contribution in [0.5, 0.6) is 0 Å². The Hall–Kier alpha value is -4.08. The Labute approximate surface area is 193 Å². The molecule has 0 aliphatic rings. The van der Waals surface area contributed by atoms with Gasteiger partial charge in [0.1, 0.15) is 23.2 Å². The first-order valence-electron chi connectivity index (χ1n) is 10.4. The van der Waals surface area contributed by atoms with Crippen LogP contribution < -0.4 is 5.32 Å². The highest BCUT2D eigenvalue weighted by molar-refractivity contribution is 6.13. The summed E-state index contributed by atoms with van der Waals surface area (Å²) in [7, 11) is 1.07. The zero-order chi connectivity index (χ0) is 24.7. The number of carbonyl (C=O) groups is 2. The number of anilines is 1. The monoisotopic (exact) mass is 468 g/mol. The van der Waals surface area contributed by atoms with Crippen molar-refractivity contribution in [3.63, 3.8) is 0 Å². The first-order chi connectivity index (χ1) is 16.1. The van der Waals surface area contributed by atoms with Gasteiger partial charge >= 0.3 is 5.97 Å². The number of hydrogen-bond donors (Lipinski definition) is 1. The van der Waals surface area contributed by atoms with Gasteiger partial charge in [-0.1, -0.05) is 0 Å². The van der Waals surface area contributed by atoms with Crippen LogP contribution >= 0.6 is 0 Å². The molecule has 0 atom stereocenters. The third kappa shape index (κ3) is 4.02. The van der Waals surface area contributed by atoms with E-state index in [1.54, 1.807) is 24.6 Å². The summed E-state index contributed by atoms with van der Waals surface area (Å²) in [6.07, 6.45) is 1.51. The second kappa shape index (κ2) is 8.69. The van der Waals surface area contributed by atoms with Gasteiger partial charge in [-0.15, -0.1) is 0 Å². The van der Waals surface area contributed by atoms with Crippen LogP contribution in [0.15, 0.2) is 34.9 Å². The Bertz CT molecular complexity index is 1440. The molecule has 0 bridgehead atoms. The van der Waals surface area contributed by atoms with E-state index in [0.29, 0.717) is 39.9 Å². The fourth-order valence-electron chi connectivity index (χ4n) is 3.71. The lowest BCUT2D eigenvalue weighted by atomic mass is 10.1. The van der Waals surface area contributed by atoms with Crippen molar-refractivity contribution in [1.29, 1.82) is 0 Å². The van der Waals surface area contributed by atoms with Gasteiger partial charge in [0.15, 0.2) is 5.65 Å². The van der Waals surface area contributed by atoms with Crippen molar-refractivity contribution in [3.05, 3.63) is 64.7 Å². The number of benzene rings is 1. The highest BCUT2D eigenvalue weighted by Crippen LogP contribution is 2.31. The molecule has 3 heterocycles. The number of nitrogens with one attached hydrogen (secondary N) is 1. The molecule has 1 amide bonds. The van der Waals surface area contributed by atoms with Gasteiger partial charge in [-0.25, -0.2) is 23.2 Å². The number of halogens is 2. The van der Waals surface area contributed by atoms with E-state index in [1.165, 1.54) is 6.20 Å². The van der Waals surface area contributed by atoms with Crippen LogP contribution in [0.3, 0.4) is 0 Å². The summed E-state index contributed by atoms with van der Waals surface area (Å²) in [4.78, 5) is 29.8. The standard InChI is InChI=1S/C24H22F2N4O4/c1-11(2)30-22-17(10-27-30)15(7-20(28-22)14-6-12(3)34-13(14)4)23(31)29-21-8-16(24(32)33-5)18(25)9-19(21)26/h6-11H,1-5H3,(H,29,31). The Morgan fingerprint density at radius 2 is 1.82 bits per heavy atom. The summed E-state index contributed by atoms with van der Waals surface area (Å²) in [5.74, 6) is -2.51. The number of esters is 1. The van der Waals surface area contributed by atoms with Gasteiger partial charge in [-0.2, -0.15) is 5.10 Å². The number of fused-ring (bicyclic) bond motifs is 1. The number of furan rings is 1. The largest absolute Gasteiger partial charge is 0.466 e. The van der Waals surface area contributed by atoms with Crippen molar-refractivity contribution in [3.8, 4) is 11.3 Å². The minimum Gasteiger partial charge on any atom is -0.466 e. The number of aromatic nitrogens is 3. The predicted octanol–water partition coefficient (Wildman–Crippen LogP) is 5.21. The lowest BCUT2D eigenvalue weighted by Gasteiger charge is -2.12. The molecule has 0 saturated carbocycles. The topological polar surface area (TPSA) is 99.2 Å². The maximum atomic E-state index is 14.4. The lowest BCUT2D eigenvalue weighted by Crippen LogP contribution is -2.16. The number of ether oxygens (including phenoxy) is 1. The number of nitrogens with zero attached hydrogens (tertiary/aromatic N) is 3. The average molecular weight is 468 g/mol. The van der Waals surface area contributed by atoms with Gasteiger partial charge in [-0.3, -0.25) is 4.79 Å². The van der Waals surface area contributed by atoms with Crippen LogP contribution in [0, 0.1) is 25.5 Å². The summed E-state index contributed by atoms with van der Waals surface area (Å²) < 4.78 is 40.3. The van der Waals surface area contributed by atoms with Crippen molar-refractivity contribution >= 4 is 28.6 Å². The number of rotatable bonds is 5. The van der Waals surface area contributed by atoms with Crippen molar-refractivity contribution < 1.29 is 27.5 Å². The molecule has 4 rings (SSSR count). The highest BCUT2D eigenvalue weighted by Gasteiger charge is 2.23. The molecule has 1 aromatic carbocycles. The summed E-state index contributed by atoms with van der Waals surface area (Å²) in [6, 6.07) is 4.74. The maximum Gasteiger partial charge on any atom is 0.340 e. The molecular formula is C24H22F2N4O4. The molecular weight excluding hydrogens is 446 g/mol. The average Bonchev–Trinajstić information content (AvgIpc) is 3.36. The molecule has 0 aliphatic heterocycles. The van der Waals surface area contributed by atoms with E-state index >= 15 is 0 Å². The van der Waals surface area contributed by atoms with E-state index in [4.69, 9.17) is 9.40 Å². The molecule has 0 radical (unpaired) electrons. The van der Waals surface area contributed by atoms with E-state index in [-0.39, 0.29) is 17.3 Å². The lowest BCUT2D eigenvalue weighted by molar-refractivity contribution is 0.0595. The Morgan fingerprint density at radius 1 is 1.09 bits per heavy atom. The molecule has 10 heteroatoms. The van der Waals surface area contributed by atoms with E-state index in [1.807, 2.05) is 19.9 Å². The fraction of sp³-hybridized carbons (Fsp3) is 0.250. The molecule has 1 N–H and O–H groups in total. The van der Waals surface area contributed by atoms with Crippen LogP contribution in [-0.2, 0) is 4.74 Å². The summed E-state index contributed by atoms with van der Waals surface area (Å²) in [6.45, 7) is 7.44. The van der Waals surface area contributed by atoms with Crippen molar-refractivity contribution in [2.45, 2.75) is 33.7 Å². The zero-order valence-corrected chi connectivity index (χ0v) is 19.2. The quantitative estimate of drug-likeness (QED) is 0.404. The Morgan fingerprint density at radius 3 is 2.44 bits per heavy atom. The molecule has 0 saturated heterocycles. The van der Waals surface area contributed by atoms with E-state index in [0.717, 1.165) is 13.2 Å². The first kappa shape index (κ1) is 23.1. The van der Waals surface area contributed by atoms with Gasteiger partial charge < -0.3 is 14.5 Å². The summed E-state index contributed by atoms with van der Waals surface area (Å²) >= 11 is 0. The molecule has 0 spiro atoms. The van der Waals surface area contributed by atoms with Crippen LogP contribution in [0.25, 0.3) is 22.3 Å². The second-order valence-corrected chi connectivity index (χ2v) is 8.06. The number of carbonyl (C=O) groups excluding carboxylic acids is 2. The molecule has 8 nitrogen and oxygen atoms in total. The number of hydrogen-bond acceptors (Lipinski definition) is 6. The molecule has 0 fully saturated rings. The van der Waals surface area contributed by atoms with Gasteiger partial charge in [0.05, 0.1) is 41.2 Å². The zero-order valence-electron chi connectivity index (χ0n) is 19.2. The summed E-state index contributed by atoms with van der Waals surface area (Å²) in [5, 5.41) is 7.22. The smallest absolute Gasteiger partial charge is 0.340 e. The molecule has 4 aromatic rings. The third-order valence-electron chi connectivity index (χ3n) is 5.33. The van der Waals surface area contributed by atoms with Crippen LogP contribution in [-0.4, -0.2) is 33.8 Å². The molecule has 34 heavy (non-hydrogen) atoms. The van der Waals surface area contributed by atoms with E-state index in [2.05, 4.69) is 15.2 Å². The normalized spacial score (nSPS) is 11.3. The van der Waals surface area contributed by atoms with Crippen LogP contribution in [0.1, 0.15) is 52.1 Å². The first-order valence-corrected chi connectivity index (χ1v) is 10.4. The number of amides is 1. The van der Waals surface area contributed by atoms with Crippen molar-refractivity contribution in [1.82, 2.24) is 14.8 Å². The molecule has 0 aliphatic carbocycles. The predicted molar refractivity (Wildman–Crippen MR) is 121 cm³/mol. The van der Waals surface area contributed by atoms with Crippen LogP contribution in [0.2, 0.25) is 0 Å². The van der Waals surface area contributed by atoms with E-state index in [9.17, 15) is 18.4 Å². The fourth-order valence-corrected chi connectivity index (χ4v) is 3.71. The summed E-state index contributed by atoms with van der Waals surface area (Å²) in [5.41, 5.74) is 0.941. The van der Waals surface area contributed by atoms with Gasteiger partial charge in [0, 0.05) is 17.7 Å². The SMILES string of the molecule is COC(=O)c1cc(NC(=O)c2cc(-c3cc(C)oc3C)nc3c2cnn3C(C)C)c(F)cc1F. The number of methoxy groups -OCH3 is 1.